The lowest BCUT2D eigenvalue weighted by Crippen LogP contribution is -2.24. The third kappa shape index (κ3) is 2.89. The van der Waals surface area contributed by atoms with Crippen LogP contribution in [0.25, 0.3) is 33.7 Å². The predicted molar refractivity (Wildman–Crippen MR) is 103 cm³/mol. The van der Waals surface area contributed by atoms with Crippen LogP contribution in [-0.4, -0.2) is 4.98 Å². The van der Waals surface area contributed by atoms with Gasteiger partial charge in [-0.05, 0) is 30.3 Å². The highest BCUT2D eigenvalue weighted by molar-refractivity contribution is 9.10. The van der Waals surface area contributed by atoms with Gasteiger partial charge in [0.2, 0.25) is 0 Å². The first-order chi connectivity index (χ1) is 12.7. The molecule has 1 N–H and O–H groups in total. The molecule has 0 saturated carbocycles. The van der Waals surface area contributed by atoms with E-state index in [9.17, 15) is 10.5 Å². The average molecular weight is 406 g/mol. The highest BCUT2D eigenvalue weighted by Gasteiger charge is 2.13. The van der Waals surface area contributed by atoms with E-state index in [2.05, 4.69) is 27.0 Å². The van der Waals surface area contributed by atoms with Crippen molar-refractivity contribution in [3.8, 4) is 17.2 Å². The minimum atomic E-state index is 0.463. The molecule has 3 aromatic heterocycles. The third-order valence-corrected chi connectivity index (χ3v) is 4.65. The first-order valence-electron chi connectivity index (χ1n) is 7.80. The van der Waals surface area contributed by atoms with Crippen LogP contribution in [0.3, 0.4) is 0 Å². The van der Waals surface area contributed by atoms with Gasteiger partial charge in [0.05, 0.1) is 24.2 Å². The zero-order valence-corrected chi connectivity index (χ0v) is 15.0. The van der Waals surface area contributed by atoms with Crippen LogP contribution in [0.5, 0.6) is 0 Å². The summed E-state index contributed by atoms with van der Waals surface area (Å²) in [5, 5.41) is 22.5. The second-order valence-corrected chi connectivity index (χ2v) is 6.66. The summed E-state index contributed by atoms with van der Waals surface area (Å²) in [5.74, 6) is 0. The maximum Gasteiger partial charge on any atom is 0.188 e. The predicted octanol–water partition coefficient (Wildman–Crippen LogP) is 4.89. The quantitative estimate of drug-likeness (QED) is 0.299. The molecule has 1 aromatic carbocycles. The second kappa shape index (κ2) is 6.54. The van der Waals surface area contributed by atoms with Crippen molar-refractivity contribution < 1.29 is 9.15 Å². The zero-order chi connectivity index (χ0) is 18.1. The summed E-state index contributed by atoms with van der Waals surface area (Å²) >= 11 is 3.47. The minimum absolute atomic E-state index is 0.463. The molecule has 26 heavy (non-hydrogen) atoms. The number of rotatable bonds is 3. The Morgan fingerprint density at radius 2 is 2.19 bits per heavy atom. The van der Waals surface area contributed by atoms with E-state index in [0.717, 1.165) is 36.8 Å². The van der Waals surface area contributed by atoms with Gasteiger partial charge in [0.1, 0.15) is 0 Å². The van der Waals surface area contributed by atoms with Crippen LogP contribution in [0.4, 0.5) is 0 Å². The molecular formula is C20H12BrN3O2. The monoisotopic (exact) mass is 405 g/mol. The van der Waals surface area contributed by atoms with Gasteiger partial charge in [0, 0.05) is 49.9 Å². The number of fused-ring (bicyclic) bond motifs is 1. The maximum atomic E-state index is 11.8. The molecule has 0 radical (unpaired) electrons. The molecule has 4 rings (SSSR count). The largest absolute Gasteiger partial charge is 0.619 e. The van der Waals surface area contributed by atoms with Crippen molar-refractivity contribution in [1.29, 1.82) is 5.26 Å². The van der Waals surface area contributed by atoms with Gasteiger partial charge in [-0.2, -0.15) is 9.99 Å². The molecule has 6 heteroatoms. The number of aromatic amines is 1. The smallest absolute Gasteiger partial charge is 0.188 e. The van der Waals surface area contributed by atoms with Crippen LogP contribution >= 0.6 is 15.9 Å². The van der Waals surface area contributed by atoms with Gasteiger partial charge < -0.3 is 14.6 Å². The van der Waals surface area contributed by atoms with E-state index in [1.807, 2.05) is 24.3 Å². The molecule has 0 aliphatic heterocycles. The van der Waals surface area contributed by atoms with E-state index >= 15 is 0 Å². The molecule has 4 aromatic rings. The van der Waals surface area contributed by atoms with Crippen molar-refractivity contribution in [2.75, 3.05) is 0 Å². The third-order valence-electron chi connectivity index (χ3n) is 4.15. The lowest BCUT2D eigenvalue weighted by Gasteiger charge is -2.05. The number of nitrogens with one attached hydrogen (secondary N) is 1. The Bertz CT molecular complexity index is 1170. The van der Waals surface area contributed by atoms with Crippen LogP contribution in [0.1, 0.15) is 11.1 Å². The van der Waals surface area contributed by atoms with Crippen LogP contribution in [0.15, 0.2) is 70.3 Å². The average Bonchev–Trinajstić information content (AvgIpc) is 3.29. The summed E-state index contributed by atoms with van der Waals surface area (Å²) in [4.78, 5) is 3.17. The first-order valence-corrected chi connectivity index (χ1v) is 8.59. The topological polar surface area (TPSA) is 79.7 Å². The van der Waals surface area contributed by atoms with E-state index in [1.165, 1.54) is 12.4 Å². The van der Waals surface area contributed by atoms with E-state index in [1.54, 1.807) is 30.9 Å². The fourth-order valence-corrected chi connectivity index (χ4v) is 3.29. The number of halogens is 1. The first kappa shape index (κ1) is 16.2. The molecular weight excluding hydrogens is 394 g/mol. The van der Waals surface area contributed by atoms with Crippen molar-refractivity contribution in [2.45, 2.75) is 0 Å². The van der Waals surface area contributed by atoms with Crippen LogP contribution in [-0.2, 0) is 0 Å². The van der Waals surface area contributed by atoms with E-state index in [0.29, 0.717) is 11.1 Å². The lowest BCUT2D eigenvalue weighted by atomic mass is 9.99. The van der Waals surface area contributed by atoms with Gasteiger partial charge in [-0.15, -0.1) is 0 Å². The molecule has 0 unspecified atom stereocenters. The highest BCUT2D eigenvalue weighted by atomic mass is 79.9. The van der Waals surface area contributed by atoms with Crippen molar-refractivity contribution in [3.05, 3.63) is 82.3 Å². The molecule has 0 fully saturated rings. The van der Waals surface area contributed by atoms with Crippen molar-refractivity contribution >= 4 is 38.5 Å². The van der Waals surface area contributed by atoms with Gasteiger partial charge in [-0.3, -0.25) is 0 Å². The number of allylic oxidation sites excluding steroid dienone is 1. The van der Waals surface area contributed by atoms with Crippen molar-refractivity contribution in [3.63, 3.8) is 0 Å². The summed E-state index contributed by atoms with van der Waals surface area (Å²) < 4.78 is 6.80. The molecule has 3 heterocycles. The summed E-state index contributed by atoms with van der Waals surface area (Å²) in [6.45, 7) is 0. The number of H-pyrrole nitrogens is 1. The maximum absolute atomic E-state index is 11.8. The second-order valence-electron chi connectivity index (χ2n) is 5.75. The Kier molecular flexibility index (Phi) is 4.07. The van der Waals surface area contributed by atoms with Gasteiger partial charge in [0.15, 0.2) is 12.4 Å². The Labute approximate surface area is 157 Å². The Hall–Kier alpha value is -3.30. The molecule has 126 valence electrons. The summed E-state index contributed by atoms with van der Waals surface area (Å²) in [7, 11) is 0. The van der Waals surface area contributed by atoms with E-state index < -0.39 is 0 Å². The standard InChI is InChI=1S/C20H12BrN3O2/c21-16-1-2-20-18(8-16)19(10-23-20)14(9-22)7-15-11-24(25)5-3-17(15)13-4-6-26-12-13/h1-8,10-12,23H/b14-7+. The zero-order valence-electron chi connectivity index (χ0n) is 13.4. The molecule has 0 bridgehead atoms. The summed E-state index contributed by atoms with van der Waals surface area (Å²) in [5.41, 5.74) is 4.49. The number of benzene rings is 1. The Morgan fingerprint density at radius 1 is 1.31 bits per heavy atom. The van der Waals surface area contributed by atoms with Crippen molar-refractivity contribution in [2.24, 2.45) is 0 Å². The van der Waals surface area contributed by atoms with Gasteiger partial charge in [-0.25, -0.2) is 0 Å². The number of aromatic nitrogens is 2. The number of nitrogens with zero attached hydrogens (tertiary/aromatic N) is 2. The van der Waals surface area contributed by atoms with Gasteiger partial charge >= 0.3 is 0 Å². The molecule has 0 atom stereocenters. The molecule has 0 aliphatic rings. The fourth-order valence-electron chi connectivity index (χ4n) is 2.93. The van der Waals surface area contributed by atoms with E-state index in [4.69, 9.17) is 4.42 Å². The number of pyridine rings is 1. The number of hydrogen-bond donors (Lipinski definition) is 1. The number of hydrogen-bond acceptors (Lipinski definition) is 3. The Balaban J connectivity index is 1.90. The van der Waals surface area contributed by atoms with E-state index in [-0.39, 0.29) is 0 Å². The van der Waals surface area contributed by atoms with Gasteiger partial charge in [0.25, 0.3) is 0 Å². The number of nitriles is 1. The molecule has 5 nitrogen and oxygen atoms in total. The van der Waals surface area contributed by atoms with Crippen molar-refractivity contribution in [1.82, 2.24) is 4.98 Å². The highest BCUT2D eigenvalue weighted by Crippen LogP contribution is 2.31. The fraction of sp³-hybridized carbons (Fsp3) is 0. The molecule has 0 aliphatic carbocycles. The summed E-state index contributed by atoms with van der Waals surface area (Å²) in [6.07, 6.45) is 9.58. The molecule has 0 amide bonds. The summed E-state index contributed by atoms with van der Waals surface area (Å²) in [6, 6.07) is 11.6. The van der Waals surface area contributed by atoms with Crippen LogP contribution in [0, 0.1) is 16.5 Å². The normalized spacial score (nSPS) is 11.6. The lowest BCUT2D eigenvalue weighted by molar-refractivity contribution is -0.605. The Morgan fingerprint density at radius 3 is 2.96 bits per heavy atom. The minimum Gasteiger partial charge on any atom is -0.619 e. The molecule has 0 saturated heterocycles. The molecule has 0 spiro atoms. The van der Waals surface area contributed by atoms with Crippen LogP contribution < -0.4 is 4.73 Å². The van der Waals surface area contributed by atoms with Gasteiger partial charge in [-0.1, -0.05) is 15.9 Å². The number of furan rings is 1. The SMILES string of the molecule is N#C/C(=C\c1c[n+]([O-])ccc1-c1ccoc1)c1c[nH]c2ccc(Br)cc12. The van der Waals surface area contributed by atoms with Crippen LogP contribution in [0.2, 0.25) is 0 Å².